The SMILES string of the molecule is CCC1CCCN(CC(=O)NO)C1. The number of nitrogens with one attached hydrogen (secondary N) is 1. The lowest BCUT2D eigenvalue weighted by molar-refractivity contribution is -0.130. The van der Waals surface area contributed by atoms with Gasteiger partial charge in [-0.3, -0.25) is 14.9 Å². The highest BCUT2D eigenvalue weighted by Gasteiger charge is 2.19. The fraction of sp³-hybridized carbons (Fsp3) is 0.889. The molecule has 1 aliphatic heterocycles. The molecule has 0 spiro atoms. The summed E-state index contributed by atoms with van der Waals surface area (Å²) in [4.78, 5) is 13.0. The normalized spacial score (nSPS) is 24.3. The van der Waals surface area contributed by atoms with Crippen LogP contribution in [0.15, 0.2) is 0 Å². The zero-order valence-electron chi connectivity index (χ0n) is 8.12. The molecule has 1 heterocycles. The second kappa shape index (κ2) is 5.19. The molecule has 0 aromatic heterocycles. The lowest BCUT2D eigenvalue weighted by Gasteiger charge is -2.31. The third-order valence-corrected chi connectivity index (χ3v) is 2.67. The summed E-state index contributed by atoms with van der Waals surface area (Å²) in [5.74, 6) is 0.414. The second-order valence-electron chi connectivity index (χ2n) is 3.69. The number of hydroxylamine groups is 1. The van der Waals surface area contributed by atoms with Crippen LogP contribution >= 0.6 is 0 Å². The van der Waals surface area contributed by atoms with E-state index in [0.29, 0.717) is 6.54 Å². The van der Waals surface area contributed by atoms with Crippen LogP contribution in [0.1, 0.15) is 26.2 Å². The Kier molecular flexibility index (Phi) is 4.18. The van der Waals surface area contributed by atoms with Crippen LogP contribution in [0.5, 0.6) is 0 Å². The summed E-state index contributed by atoms with van der Waals surface area (Å²) >= 11 is 0. The van der Waals surface area contributed by atoms with E-state index in [9.17, 15) is 4.79 Å². The second-order valence-corrected chi connectivity index (χ2v) is 3.69. The number of nitrogens with zero attached hydrogens (tertiary/aromatic N) is 1. The maximum atomic E-state index is 10.9. The molecule has 1 unspecified atom stereocenters. The van der Waals surface area contributed by atoms with Gasteiger partial charge in [0.2, 0.25) is 0 Å². The van der Waals surface area contributed by atoms with E-state index in [1.165, 1.54) is 12.8 Å². The van der Waals surface area contributed by atoms with E-state index in [4.69, 9.17) is 5.21 Å². The van der Waals surface area contributed by atoms with E-state index in [0.717, 1.165) is 25.4 Å². The van der Waals surface area contributed by atoms with Gasteiger partial charge in [0.1, 0.15) is 0 Å². The van der Waals surface area contributed by atoms with Crippen LogP contribution in [0.25, 0.3) is 0 Å². The Bertz CT molecular complexity index is 173. The molecule has 4 nitrogen and oxygen atoms in total. The quantitative estimate of drug-likeness (QED) is 0.501. The molecule has 0 bridgehead atoms. The molecule has 1 rings (SSSR count). The minimum atomic E-state index is -0.309. The molecule has 1 saturated heterocycles. The van der Waals surface area contributed by atoms with Gasteiger partial charge >= 0.3 is 0 Å². The lowest BCUT2D eigenvalue weighted by Crippen LogP contribution is -2.41. The average Bonchev–Trinajstić information content (AvgIpc) is 2.18. The van der Waals surface area contributed by atoms with Crippen molar-refractivity contribution in [2.45, 2.75) is 26.2 Å². The van der Waals surface area contributed by atoms with Gasteiger partial charge in [-0.05, 0) is 25.3 Å². The first kappa shape index (κ1) is 10.5. The van der Waals surface area contributed by atoms with E-state index in [1.807, 2.05) is 0 Å². The van der Waals surface area contributed by atoms with Crippen molar-refractivity contribution in [2.24, 2.45) is 5.92 Å². The van der Waals surface area contributed by atoms with Crippen molar-refractivity contribution in [1.82, 2.24) is 10.4 Å². The number of carbonyl (C=O) groups is 1. The van der Waals surface area contributed by atoms with E-state index in [2.05, 4.69) is 11.8 Å². The smallest absolute Gasteiger partial charge is 0.257 e. The van der Waals surface area contributed by atoms with Crippen molar-refractivity contribution in [3.63, 3.8) is 0 Å². The highest BCUT2D eigenvalue weighted by atomic mass is 16.5. The maximum absolute atomic E-state index is 10.9. The Morgan fingerprint density at radius 2 is 2.46 bits per heavy atom. The third kappa shape index (κ3) is 3.32. The molecule has 4 heteroatoms. The van der Waals surface area contributed by atoms with Gasteiger partial charge in [-0.15, -0.1) is 0 Å². The predicted molar refractivity (Wildman–Crippen MR) is 49.4 cm³/mol. The molecular weight excluding hydrogens is 168 g/mol. The van der Waals surface area contributed by atoms with Crippen molar-refractivity contribution in [2.75, 3.05) is 19.6 Å². The van der Waals surface area contributed by atoms with Gasteiger partial charge in [0.25, 0.3) is 5.91 Å². The van der Waals surface area contributed by atoms with Crippen LogP contribution in [0.3, 0.4) is 0 Å². The number of rotatable bonds is 3. The highest BCUT2D eigenvalue weighted by Crippen LogP contribution is 2.18. The van der Waals surface area contributed by atoms with Gasteiger partial charge in [0.05, 0.1) is 6.54 Å². The van der Waals surface area contributed by atoms with Crippen molar-refractivity contribution < 1.29 is 10.0 Å². The number of piperidine rings is 1. The number of carbonyl (C=O) groups excluding carboxylic acids is 1. The van der Waals surface area contributed by atoms with Gasteiger partial charge in [-0.2, -0.15) is 0 Å². The van der Waals surface area contributed by atoms with Crippen molar-refractivity contribution >= 4 is 5.91 Å². The van der Waals surface area contributed by atoms with Crippen LogP contribution in [0, 0.1) is 5.92 Å². The number of hydrogen-bond donors (Lipinski definition) is 2. The van der Waals surface area contributed by atoms with E-state index >= 15 is 0 Å². The van der Waals surface area contributed by atoms with Crippen LogP contribution in [-0.2, 0) is 4.79 Å². The lowest BCUT2D eigenvalue weighted by atomic mass is 9.96. The summed E-state index contributed by atoms with van der Waals surface area (Å²) in [5.41, 5.74) is 1.66. The Morgan fingerprint density at radius 1 is 1.69 bits per heavy atom. The summed E-state index contributed by atoms with van der Waals surface area (Å²) in [7, 11) is 0. The monoisotopic (exact) mass is 186 g/mol. The molecule has 0 saturated carbocycles. The van der Waals surface area contributed by atoms with E-state index < -0.39 is 0 Å². The highest BCUT2D eigenvalue weighted by molar-refractivity contribution is 5.76. The minimum absolute atomic E-state index is 0.309. The maximum Gasteiger partial charge on any atom is 0.257 e. The molecule has 1 aliphatic rings. The largest absolute Gasteiger partial charge is 0.294 e. The Morgan fingerprint density at radius 3 is 3.08 bits per heavy atom. The summed E-state index contributed by atoms with van der Waals surface area (Å²) in [6.07, 6.45) is 3.61. The Hall–Kier alpha value is -0.610. The van der Waals surface area contributed by atoms with E-state index in [1.54, 1.807) is 5.48 Å². The fourth-order valence-electron chi connectivity index (χ4n) is 1.87. The van der Waals surface area contributed by atoms with Crippen LogP contribution in [0.4, 0.5) is 0 Å². The number of likely N-dealkylation sites (tertiary alicyclic amines) is 1. The molecular formula is C9H18N2O2. The molecule has 76 valence electrons. The molecule has 0 aromatic rings. The van der Waals surface area contributed by atoms with Gasteiger partial charge in [0.15, 0.2) is 0 Å². The topological polar surface area (TPSA) is 52.6 Å². The van der Waals surface area contributed by atoms with Crippen LogP contribution < -0.4 is 5.48 Å². The standard InChI is InChI=1S/C9H18N2O2/c1-2-8-4-3-5-11(6-8)7-9(12)10-13/h8,13H,2-7H2,1H3,(H,10,12). The third-order valence-electron chi connectivity index (χ3n) is 2.67. The van der Waals surface area contributed by atoms with Crippen LogP contribution in [0.2, 0.25) is 0 Å². The number of hydrogen-bond acceptors (Lipinski definition) is 3. The fourth-order valence-corrected chi connectivity index (χ4v) is 1.87. The number of amides is 1. The zero-order valence-corrected chi connectivity index (χ0v) is 8.12. The molecule has 2 N–H and O–H groups in total. The molecule has 0 aliphatic carbocycles. The van der Waals surface area contributed by atoms with Crippen molar-refractivity contribution in [3.8, 4) is 0 Å². The van der Waals surface area contributed by atoms with Gasteiger partial charge in [-0.1, -0.05) is 13.3 Å². The molecule has 0 radical (unpaired) electrons. The Balaban J connectivity index is 2.29. The van der Waals surface area contributed by atoms with Gasteiger partial charge < -0.3 is 0 Å². The first-order valence-electron chi connectivity index (χ1n) is 4.91. The predicted octanol–water partition coefficient (Wildman–Crippen LogP) is 0.614. The van der Waals surface area contributed by atoms with Crippen molar-refractivity contribution in [1.29, 1.82) is 0 Å². The molecule has 1 fully saturated rings. The average molecular weight is 186 g/mol. The summed E-state index contributed by atoms with van der Waals surface area (Å²) in [6.45, 7) is 4.47. The minimum Gasteiger partial charge on any atom is -0.294 e. The van der Waals surface area contributed by atoms with Crippen molar-refractivity contribution in [3.05, 3.63) is 0 Å². The van der Waals surface area contributed by atoms with Crippen LogP contribution in [-0.4, -0.2) is 35.6 Å². The summed E-state index contributed by atoms with van der Waals surface area (Å²) < 4.78 is 0. The first-order chi connectivity index (χ1) is 6.26. The zero-order chi connectivity index (χ0) is 9.68. The van der Waals surface area contributed by atoms with Gasteiger partial charge in [-0.25, -0.2) is 5.48 Å². The summed E-state index contributed by atoms with van der Waals surface area (Å²) in [6, 6.07) is 0. The molecule has 13 heavy (non-hydrogen) atoms. The first-order valence-corrected chi connectivity index (χ1v) is 4.91. The summed E-state index contributed by atoms with van der Waals surface area (Å²) in [5, 5.41) is 8.36. The van der Waals surface area contributed by atoms with E-state index in [-0.39, 0.29) is 5.91 Å². The van der Waals surface area contributed by atoms with Gasteiger partial charge in [0, 0.05) is 6.54 Å². The molecule has 1 amide bonds. The molecule has 0 aromatic carbocycles. The Labute approximate surface area is 78.9 Å². The molecule has 1 atom stereocenters.